The topological polar surface area (TPSA) is 45.9 Å². The van der Waals surface area contributed by atoms with Gasteiger partial charge in [-0.05, 0) is 66.9 Å². The second-order valence-corrected chi connectivity index (χ2v) is 8.17. The molecule has 0 fully saturated rings. The van der Waals surface area contributed by atoms with Crippen LogP contribution in [-0.4, -0.2) is 4.98 Å². The molecule has 0 unspecified atom stereocenters. The van der Waals surface area contributed by atoms with Gasteiger partial charge in [-0.2, -0.15) is 18.4 Å². The first-order valence-corrected chi connectivity index (χ1v) is 10.7. The largest absolute Gasteiger partial charge is 0.437 e. The van der Waals surface area contributed by atoms with E-state index < -0.39 is 11.7 Å². The molecule has 0 bridgehead atoms. The molecular formula is C27H18ClF3N2O. The number of benzene rings is 3. The van der Waals surface area contributed by atoms with Crippen LogP contribution in [0.15, 0.2) is 72.8 Å². The summed E-state index contributed by atoms with van der Waals surface area (Å²) in [6.45, 7) is 3.81. The number of nitrogens with zero attached hydrogens (tertiary/aromatic N) is 2. The lowest BCUT2D eigenvalue weighted by Crippen LogP contribution is -2.05. The summed E-state index contributed by atoms with van der Waals surface area (Å²) in [6.07, 6.45) is -4.50. The highest BCUT2D eigenvalue weighted by Crippen LogP contribution is 2.38. The Hall–Kier alpha value is -3.82. The molecule has 0 aliphatic carbocycles. The van der Waals surface area contributed by atoms with Crippen LogP contribution in [0.4, 0.5) is 13.2 Å². The summed E-state index contributed by atoms with van der Waals surface area (Å²) in [5.41, 5.74) is 2.86. The van der Waals surface area contributed by atoms with Gasteiger partial charge in [0.05, 0.1) is 11.3 Å². The fourth-order valence-corrected chi connectivity index (χ4v) is 3.63. The highest BCUT2D eigenvalue weighted by Gasteiger charge is 2.30. The average molecular weight is 479 g/mol. The lowest BCUT2D eigenvalue weighted by molar-refractivity contribution is -0.137. The molecule has 34 heavy (non-hydrogen) atoms. The molecule has 0 radical (unpaired) electrons. The van der Waals surface area contributed by atoms with E-state index in [2.05, 4.69) is 11.1 Å². The van der Waals surface area contributed by atoms with E-state index in [1.807, 2.05) is 26.0 Å². The molecule has 1 heterocycles. The molecule has 1 aromatic heterocycles. The lowest BCUT2D eigenvalue weighted by atomic mass is 9.98. The number of rotatable bonds is 4. The van der Waals surface area contributed by atoms with E-state index in [0.717, 1.165) is 23.3 Å². The Bertz CT molecular complexity index is 1410. The minimum absolute atomic E-state index is 0.0102. The number of aryl methyl sites for hydroxylation is 1. The molecule has 3 nitrogen and oxygen atoms in total. The second kappa shape index (κ2) is 9.20. The van der Waals surface area contributed by atoms with E-state index in [0.29, 0.717) is 21.9 Å². The van der Waals surface area contributed by atoms with Crippen LogP contribution in [0.2, 0.25) is 5.02 Å². The molecule has 0 aliphatic rings. The van der Waals surface area contributed by atoms with Crippen LogP contribution in [0.5, 0.6) is 11.6 Å². The lowest BCUT2D eigenvalue weighted by Gasteiger charge is -2.16. The molecule has 4 rings (SSSR count). The maximum Gasteiger partial charge on any atom is 0.416 e. The number of nitriles is 1. The van der Waals surface area contributed by atoms with Crippen molar-refractivity contribution in [2.75, 3.05) is 0 Å². The summed E-state index contributed by atoms with van der Waals surface area (Å²) >= 11 is 6.02. The first-order chi connectivity index (χ1) is 16.2. The summed E-state index contributed by atoms with van der Waals surface area (Å²) < 4.78 is 46.1. The smallest absolute Gasteiger partial charge is 0.416 e. The Morgan fingerprint density at radius 2 is 1.62 bits per heavy atom. The summed E-state index contributed by atoms with van der Waals surface area (Å²) in [5.74, 6) is 0.517. The minimum atomic E-state index is -4.50. The van der Waals surface area contributed by atoms with Crippen molar-refractivity contribution in [3.05, 3.63) is 100 Å². The first kappa shape index (κ1) is 23.3. The molecule has 3 aromatic carbocycles. The summed E-state index contributed by atoms with van der Waals surface area (Å²) in [5, 5.41) is 10.5. The van der Waals surface area contributed by atoms with Crippen LogP contribution in [0.25, 0.3) is 22.4 Å². The summed E-state index contributed by atoms with van der Waals surface area (Å²) in [7, 11) is 0. The number of ether oxygens (including phenoxy) is 1. The molecule has 0 N–H and O–H groups in total. The maximum atomic E-state index is 13.3. The predicted octanol–water partition coefficient (Wildman–Crippen LogP) is 8.37. The van der Waals surface area contributed by atoms with Crippen molar-refractivity contribution in [2.45, 2.75) is 20.0 Å². The SMILES string of the molecule is Cc1cccc(Oc2nc(-c3cccc(C(F)(F)F)c3)cc(-c3ccc(Cl)cc3)c2C#N)c1C. The molecular weight excluding hydrogens is 461 g/mol. The van der Waals surface area contributed by atoms with E-state index in [-0.39, 0.29) is 22.7 Å². The Morgan fingerprint density at radius 3 is 2.29 bits per heavy atom. The van der Waals surface area contributed by atoms with Gasteiger partial charge in [-0.15, -0.1) is 0 Å². The molecule has 170 valence electrons. The van der Waals surface area contributed by atoms with Gasteiger partial charge in [0.2, 0.25) is 5.88 Å². The number of aromatic nitrogens is 1. The summed E-state index contributed by atoms with van der Waals surface area (Å²) in [4.78, 5) is 4.47. The van der Waals surface area contributed by atoms with Crippen LogP contribution in [0, 0.1) is 25.2 Å². The standard InChI is InChI=1S/C27H18ClF3N2O/c1-16-5-3-8-25(17(16)2)34-26-23(15-32)22(18-9-11-21(28)12-10-18)14-24(33-26)19-6-4-7-20(13-19)27(29,30)31/h3-14H,1-2H3. The van der Waals surface area contributed by atoms with E-state index in [1.165, 1.54) is 12.1 Å². The van der Waals surface area contributed by atoms with E-state index in [9.17, 15) is 18.4 Å². The minimum Gasteiger partial charge on any atom is -0.437 e. The van der Waals surface area contributed by atoms with E-state index in [1.54, 1.807) is 36.4 Å². The van der Waals surface area contributed by atoms with Gasteiger partial charge in [0.1, 0.15) is 17.4 Å². The fourth-order valence-electron chi connectivity index (χ4n) is 3.50. The van der Waals surface area contributed by atoms with Gasteiger partial charge in [-0.1, -0.05) is 48.0 Å². The predicted molar refractivity (Wildman–Crippen MR) is 126 cm³/mol. The molecule has 0 saturated carbocycles. The number of hydrogen-bond donors (Lipinski definition) is 0. The van der Waals surface area contributed by atoms with Crippen molar-refractivity contribution in [1.82, 2.24) is 4.98 Å². The molecule has 0 amide bonds. The van der Waals surface area contributed by atoms with Crippen molar-refractivity contribution in [2.24, 2.45) is 0 Å². The second-order valence-electron chi connectivity index (χ2n) is 7.73. The monoisotopic (exact) mass is 478 g/mol. The normalized spacial score (nSPS) is 11.2. The van der Waals surface area contributed by atoms with Gasteiger partial charge in [0, 0.05) is 16.1 Å². The third-order valence-electron chi connectivity index (χ3n) is 5.50. The molecule has 0 atom stereocenters. The zero-order valence-corrected chi connectivity index (χ0v) is 19.0. The zero-order valence-electron chi connectivity index (χ0n) is 18.2. The Labute approximate surface area is 200 Å². The molecule has 0 spiro atoms. The highest BCUT2D eigenvalue weighted by atomic mass is 35.5. The van der Waals surface area contributed by atoms with Crippen LogP contribution in [-0.2, 0) is 6.18 Å². The Balaban J connectivity index is 1.95. The molecule has 4 aromatic rings. The number of halogens is 4. The van der Waals surface area contributed by atoms with Gasteiger partial charge in [-0.3, -0.25) is 0 Å². The number of hydrogen-bond acceptors (Lipinski definition) is 3. The van der Waals surface area contributed by atoms with Crippen molar-refractivity contribution in [3.63, 3.8) is 0 Å². The van der Waals surface area contributed by atoms with Crippen LogP contribution in [0.1, 0.15) is 22.3 Å². The van der Waals surface area contributed by atoms with Gasteiger partial charge in [-0.25, -0.2) is 4.98 Å². The highest BCUT2D eigenvalue weighted by molar-refractivity contribution is 6.30. The maximum absolute atomic E-state index is 13.3. The van der Waals surface area contributed by atoms with Crippen molar-refractivity contribution in [1.29, 1.82) is 5.26 Å². The third-order valence-corrected chi connectivity index (χ3v) is 5.75. The van der Waals surface area contributed by atoms with Gasteiger partial charge in [0.25, 0.3) is 0 Å². The molecule has 0 aliphatic heterocycles. The Morgan fingerprint density at radius 1 is 0.912 bits per heavy atom. The molecule has 0 saturated heterocycles. The third kappa shape index (κ3) is 4.75. The van der Waals surface area contributed by atoms with E-state index in [4.69, 9.17) is 16.3 Å². The van der Waals surface area contributed by atoms with Crippen molar-refractivity contribution in [3.8, 4) is 40.1 Å². The van der Waals surface area contributed by atoms with E-state index >= 15 is 0 Å². The fraction of sp³-hybridized carbons (Fsp3) is 0.111. The van der Waals surface area contributed by atoms with Crippen LogP contribution < -0.4 is 4.74 Å². The zero-order chi connectivity index (χ0) is 24.5. The van der Waals surface area contributed by atoms with Crippen molar-refractivity contribution >= 4 is 11.6 Å². The van der Waals surface area contributed by atoms with Gasteiger partial charge >= 0.3 is 6.18 Å². The molecule has 7 heteroatoms. The Kier molecular flexibility index (Phi) is 6.32. The van der Waals surface area contributed by atoms with Crippen LogP contribution in [0.3, 0.4) is 0 Å². The first-order valence-electron chi connectivity index (χ1n) is 10.3. The van der Waals surface area contributed by atoms with Crippen molar-refractivity contribution < 1.29 is 17.9 Å². The van der Waals surface area contributed by atoms with Gasteiger partial charge in [0.15, 0.2) is 0 Å². The summed E-state index contributed by atoms with van der Waals surface area (Å²) in [6, 6.07) is 20.9. The van der Waals surface area contributed by atoms with Crippen LogP contribution >= 0.6 is 11.6 Å². The van der Waals surface area contributed by atoms with Gasteiger partial charge < -0.3 is 4.74 Å². The average Bonchev–Trinajstić information content (AvgIpc) is 2.81. The number of alkyl halides is 3. The number of pyridine rings is 1. The quantitative estimate of drug-likeness (QED) is 0.296.